The number of nitrogens with one attached hydrogen (secondary N) is 1. The number of fused-ring (bicyclic) bond motifs is 1. The van der Waals surface area contributed by atoms with Crippen LogP contribution in [0.4, 0.5) is 5.82 Å². The molecule has 4 aromatic rings. The van der Waals surface area contributed by atoms with Gasteiger partial charge in [0, 0.05) is 44.6 Å². The maximum Gasteiger partial charge on any atom is 0.199 e. The van der Waals surface area contributed by atoms with Crippen LogP contribution in [0.15, 0.2) is 24.7 Å². The molecule has 148 valence electrons. The fourth-order valence-electron chi connectivity index (χ4n) is 3.79. The Labute approximate surface area is 171 Å². The van der Waals surface area contributed by atoms with Crippen LogP contribution >= 0.6 is 11.3 Å². The van der Waals surface area contributed by atoms with Gasteiger partial charge in [-0.1, -0.05) is 0 Å². The van der Waals surface area contributed by atoms with Gasteiger partial charge in [-0.3, -0.25) is 4.68 Å². The third-order valence-corrected chi connectivity index (χ3v) is 6.67. The van der Waals surface area contributed by atoms with Crippen molar-refractivity contribution in [1.82, 2.24) is 29.3 Å². The summed E-state index contributed by atoms with van der Waals surface area (Å²) in [6, 6.07) is 2.26. The van der Waals surface area contributed by atoms with Gasteiger partial charge in [0.25, 0.3) is 0 Å². The van der Waals surface area contributed by atoms with Crippen LogP contribution in [0, 0.1) is 12.8 Å². The Kier molecular flexibility index (Phi) is 4.20. The van der Waals surface area contributed by atoms with Crippen LogP contribution in [-0.2, 0) is 18.9 Å². The number of rotatable bonds is 5. The second-order valence-corrected chi connectivity index (χ2v) is 8.58. The van der Waals surface area contributed by atoms with E-state index >= 15 is 0 Å². The number of hydrogen-bond donors (Lipinski definition) is 1. The van der Waals surface area contributed by atoms with Gasteiger partial charge in [0.15, 0.2) is 11.6 Å². The first-order valence-electron chi connectivity index (χ1n) is 9.54. The molecule has 29 heavy (non-hydrogen) atoms. The summed E-state index contributed by atoms with van der Waals surface area (Å²) >= 11 is 1.62. The zero-order valence-electron chi connectivity index (χ0n) is 16.5. The van der Waals surface area contributed by atoms with Crippen molar-refractivity contribution >= 4 is 33.7 Å². The summed E-state index contributed by atoms with van der Waals surface area (Å²) in [4.78, 5) is 27.1. The molecule has 1 N–H and O–H groups in total. The second-order valence-electron chi connectivity index (χ2n) is 7.58. The third kappa shape index (κ3) is 3.02. The molecule has 0 unspecified atom stereocenters. The monoisotopic (exact) mass is 407 g/mol. The van der Waals surface area contributed by atoms with Gasteiger partial charge in [0.2, 0.25) is 0 Å². The number of anilines is 1. The Bertz CT molecular complexity index is 1220. The number of hydrogen-bond acceptors (Lipinski definition) is 7. The van der Waals surface area contributed by atoms with Gasteiger partial charge in [-0.05, 0) is 31.4 Å². The van der Waals surface area contributed by atoms with Gasteiger partial charge in [0.1, 0.15) is 22.6 Å². The van der Waals surface area contributed by atoms with Crippen molar-refractivity contribution < 1.29 is 4.79 Å². The van der Waals surface area contributed by atoms with E-state index in [-0.39, 0.29) is 12.0 Å². The van der Waals surface area contributed by atoms with Crippen LogP contribution < -0.4 is 5.32 Å². The van der Waals surface area contributed by atoms with E-state index in [0.29, 0.717) is 5.82 Å². The maximum absolute atomic E-state index is 11.0. The molecular formula is C20H21N7OS. The van der Waals surface area contributed by atoms with Crippen molar-refractivity contribution in [3.8, 4) is 22.2 Å². The fourth-order valence-corrected chi connectivity index (χ4v) is 4.93. The minimum Gasteiger partial charge on any atom is -0.367 e. The van der Waals surface area contributed by atoms with Crippen molar-refractivity contribution in [2.75, 3.05) is 5.32 Å². The SMILES string of the molecule is Cc1c(-c2ccn(C)n2)sc2nc(-c3nccn3C)nc(NC3CC(C=O)C3)c12. The van der Waals surface area contributed by atoms with E-state index in [0.717, 1.165) is 57.1 Å². The van der Waals surface area contributed by atoms with E-state index in [4.69, 9.17) is 9.97 Å². The molecule has 0 spiro atoms. The zero-order chi connectivity index (χ0) is 20.1. The first kappa shape index (κ1) is 18.0. The number of imidazole rings is 1. The van der Waals surface area contributed by atoms with Gasteiger partial charge < -0.3 is 14.7 Å². The molecule has 1 saturated carbocycles. The molecule has 0 amide bonds. The van der Waals surface area contributed by atoms with E-state index in [1.54, 1.807) is 22.2 Å². The fraction of sp³-hybridized carbons (Fsp3) is 0.350. The molecule has 0 atom stereocenters. The minimum absolute atomic E-state index is 0.145. The quantitative estimate of drug-likeness (QED) is 0.511. The number of nitrogens with zero attached hydrogens (tertiary/aromatic N) is 6. The first-order chi connectivity index (χ1) is 14.0. The highest BCUT2D eigenvalue weighted by Gasteiger charge is 2.30. The topological polar surface area (TPSA) is 90.5 Å². The lowest BCUT2D eigenvalue weighted by Gasteiger charge is -2.32. The maximum atomic E-state index is 11.0. The highest BCUT2D eigenvalue weighted by atomic mass is 32.1. The highest BCUT2D eigenvalue weighted by molar-refractivity contribution is 7.22. The molecule has 5 rings (SSSR count). The van der Waals surface area contributed by atoms with Gasteiger partial charge >= 0.3 is 0 Å². The normalized spacial score (nSPS) is 18.7. The van der Waals surface area contributed by atoms with Crippen molar-refractivity contribution in [3.63, 3.8) is 0 Å². The molecule has 0 aromatic carbocycles. The summed E-state index contributed by atoms with van der Waals surface area (Å²) in [5.74, 6) is 2.26. The molecule has 0 bridgehead atoms. The molecular weight excluding hydrogens is 386 g/mol. The Morgan fingerprint density at radius 2 is 2.07 bits per heavy atom. The number of aldehydes is 1. The molecule has 4 aromatic heterocycles. The van der Waals surface area contributed by atoms with Gasteiger partial charge in [0.05, 0.1) is 10.3 Å². The average Bonchev–Trinajstić information content (AvgIpc) is 3.36. The molecule has 1 aliphatic carbocycles. The third-order valence-electron chi connectivity index (χ3n) is 5.47. The lowest BCUT2D eigenvalue weighted by Crippen LogP contribution is -2.36. The summed E-state index contributed by atoms with van der Waals surface area (Å²) in [5, 5.41) is 9.13. The van der Waals surface area contributed by atoms with Crippen LogP contribution in [0.25, 0.3) is 32.4 Å². The average molecular weight is 408 g/mol. The van der Waals surface area contributed by atoms with E-state index in [9.17, 15) is 4.79 Å². The largest absolute Gasteiger partial charge is 0.367 e. The first-order valence-corrected chi connectivity index (χ1v) is 10.4. The molecule has 0 aliphatic heterocycles. The number of thiophene rings is 1. The van der Waals surface area contributed by atoms with Gasteiger partial charge in [-0.2, -0.15) is 5.10 Å². The zero-order valence-corrected chi connectivity index (χ0v) is 17.3. The number of aromatic nitrogens is 6. The van der Waals surface area contributed by atoms with Crippen LogP contribution in [0.1, 0.15) is 18.4 Å². The summed E-state index contributed by atoms with van der Waals surface area (Å²) in [6.07, 6.45) is 8.29. The predicted molar refractivity (Wildman–Crippen MR) is 113 cm³/mol. The van der Waals surface area contributed by atoms with Crippen LogP contribution in [0.3, 0.4) is 0 Å². The Hall–Kier alpha value is -3.07. The van der Waals surface area contributed by atoms with Crippen molar-refractivity contribution in [2.45, 2.75) is 25.8 Å². The summed E-state index contributed by atoms with van der Waals surface area (Å²) < 4.78 is 3.72. The van der Waals surface area contributed by atoms with Crippen LogP contribution in [-0.4, -0.2) is 41.6 Å². The van der Waals surface area contributed by atoms with Gasteiger partial charge in [-0.15, -0.1) is 11.3 Å². The van der Waals surface area contributed by atoms with E-state index < -0.39 is 0 Å². The molecule has 8 nitrogen and oxygen atoms in total. The summed E-state index contributed by atoms with van der Waals surface area (Å²) in [7, 11) is 3.85. The van der Waals surface area contributed by atoms with Crippen molar-refractivity contribution in [2.24, 2.45) is 20.0 Å². The summed E-state index contributed by atoms with van der Waals surface area (Å²) in [6.45, 7) is 2.09. The molecule has 0 saturated heterocycles. The van der Waals surface area contributed by atoms with Crippen molar-refractivity contribution in [1.29, 1.82) is 0 Å². The molecule has 9 heteroatoms. The summed E-state index contributed by atoms with van der Waals surface area (Å²) in [5.41, 5.74) is 2.05. The number of aryl methyl sites for hydroxylation is 3. The lowest BCUT2D eigenvalue weighted by atomic mass is 9.81. The lowest BCUT2D eigenvalue weighted by molar-refractivity contribution is -0.113. The Morgan fingerprint density at radius 1 is 1.24 bits per heavy atom. The van der Waals surface area contributed by atoms with E-state index in [2.05, 4.69) is 22.3 Å². The second kappa shape index (κ2) is 6.77. The van der Waals surface area contributed by atoms with Gasteiger partial charge in [-0.25, -0.2) is 15.0 Å². The Morgan fingerprint density at radius 3 is 2.72 bits per heavy atom. The highest BCUT2D eigenvalue weighted by Crippen LogP contribution is 2.41. The molecule has 1 fully saturated rings. The molecule has 1 aliphatic rings. The Balaban J connectivity index is 1.65. The number of carbonyl (C=O) groups is 1. The molecule has 0 radical (unpaired) electrons. The van der Waals surface area contributed by atoms with E-state index in [1.807, 2.05) is 37.1 Å². The van der Waals surface area contributed by atoms with E-state index in [1.165, 1.54) is 0 Å². The standard InChI is InChI=1S/C20H21N7OS/c1-11-15-17(22-13-8-12(9-13)10-28)23-18(19-21-5-7-26(19)2)24-20(15)29-16(11)14-4-6-27(3)25-14/h4-7,10,12-13H,8-9H2,1-3H3,(H,22,23,24). The van der Waals surface area contributed by atoms with Crippen LogP contribution in [0.2, 0.25) is 0 Å². The smallest absolute Gasteiger partial charge is 0.199 e. The predicted octanol–water partition coefficient (Wildman–Crippen LogP) is 3.19. The molecule has 4 heterocycles. The van der Waals surface area contributed by atoms with Crippen LogP contribution in [0.5, 0.6) is 0 Å². The minimum atomic E-state index is 0.145. The van der Waals surface area contributed by atoms with Crippen molar-refractivity contribution in [3.05, 3.63) is 30.2 Å². The number of carbonyl (C=O) groups excluding carboxylic acids is 1.